The number of nitrogens with zero attached hydrogens (tertiary/aromatic N) is 1. The molecule has 1 aromatic heterocycles. The van der Waals surface area contributed by atoms with Crippen LogP contribution in [-0.2, 0) is 9.53 Å². The van der Waals surface area contributed by atoms with Crippen molar-refractivity contribution < 1.29 is 18.7 Å². The second-order valence-corrected chi connectivity index (χ2v) is 7.46. The molecule has 0 bridgehead atoms. The highest BCUT2D eigenvalue weighted by molar-refractivity contribution is 5.96. The second-order valence-electron chi connectivity index (χ2n) is 7.46. The maximum absolute atomic E-state index is 12.8. The van der Waals surface area contributed by atoms with Crippen LogP contribution in [0.4, 0.5) is 0 Å². The number of furan rings is 1. The van der Waals surface area contributed by atoms with Crippen LogP contribution in [0.5, 0.6) is 0 Å². The number of nitrogens with one attached hydrogen (secondary N) is 1. The normalized spacial score (nSPS) is 30.0. The van der Waals surface area contributed by atoms with Crippen molar-refractivity contribution in [3.8, 4) is 0 Å². The average molecular weight is 346 g/mol. The molecule has 4 rings (SSSR count). The summed E-state index contributed by atoms with van der Waals surface area (Å²) < 4.78 is 11.1. The number of carbonyl (C=O) groups is 2. The Hall–Kier alpha value is -1.82. The number of carbonyl (C=O) groups excluding carboxylic acids is 2. The minimum absolute atomic E-state index is 0.0244. The van der Waals surface area contributed by atoms with E-state index in [9.17, 15) is 9.59 Å². The molecule has 2 heterocycles. The van der Waals surface area contributed by atoms with Crippen LogP contribution in [0, 0.1) is 5.41 Å². The van der Waals surface area contributed by atoms with Gasteiger partial charge in [-0.2, -0.15) is 0 Å². The van der Waals surface area contributed by atoms with Crippen molar-refractivity contribution in [2.45, 2.75) is 63.6 Å². The van der Waals surface area contributed by atoms with Crippen LogP contribution in [0.25, 0.3) is 0 Å². The molecule has 1 N–H and O–H groups in total. The van der Waals surface area contributed by atoms with Crippen molar-refractivity contribution in [2.24, 2.45) is 5.41 Å². The topological polar surface area (TPSA) is 71.8 Å². The molecule has 3 atom stereocenters. The molecule has 2 saturated carbocycles. The molecule has 6 heteroatoms. The zero-order chi connectivity index (χ0) is 17.4. The van der Waals surface area contributed by atoms with E-state index in [1.165, 1.54) is 12.7 Å². The molecular weight excluding hydrogens is 320 g/mol. The van der Waals surface area contributed by atoms with Crippen molar-refractivity contribution in [1.82, 2.24) is 10.2 Å². The largest absolute Gasteiger partial charge is 0.459 e. The molecule has 0 radical (unpaired) electrons. The van der Waals surface area contributed by atoms with Gasteiger partial charge in [-0.25, -0.2) is 0 Å². The lowest BCUT2D eigenvalue weighted by Gasteiger charge is -2.61. The van der Waals surface area contributed by atoms with Crippen LogP contribution in [-0.4, -0.2) is 48.1 Å². The molecule has 25 heavy (non-hydrogen) atoms. The Morgan fingerprint density at radius 1 is 1.40 bits per heavy atom. The average Bonchev–Trinajstić information content (AvgIpc) is 3.22. The molecule has 3 aliphatic rings. The van der Waals surface area contributed by atoms with Gasteiger partial charge in [0, 0.05) is 24.6 Å². The van der Waals surface area contributed by atoms with Gasteiger partial charge in [-0.05, 0) is 51.2 Å². The standard InChI is InChI=1S/C19H26N2O4/c1-2-24-16-12-15(19(16)8-5-9-19)20-17(22)13-6-3-10-21(13)18(23)14-7-4-11-25-14/h4,7,11,13,15-16H,2-3,5-6,8-10,12H2,1H3,(H,20,22)/t13-,15?,16?/m0/s1. The van der Waals surface area contributed by atoms with Crippen molar-refractivity contribution in [3.05, 3.63) is 24.2 Å². The lowest BCUT2D eigenvalue weighted by atomic mass is 9.51. The third-order valence-corrected chi connectivity index (χ3v) is 6.30. The van der Waals surface area contributed by atoms with Gasteiger partial charge < -0.3 is 19.4 Å². The van der Waals surface area contributed by atoms with Gasteiger partial charge in [-0.1, -0.05) is 6.42 Å². The van der Waals surface area contributed by atoms with Gasteiger partial charge in [-0.3, -0.25) is 9.59 Å². The third-order valence-electron chi connectivity index (χ3n) is 6.30. The molecule has 1 spiro atoms. The number of amides is 2. The van der Waals surface area contributed by atoms with Gasteiger partial charge in [0.25, 0.3) is 5.91 Å². The Balaban J connectivity index is 1.40. The Bertz CT molecular complexity index is 638. The molecule has 1 aliphatic heterocycles. The molecule has 6 nitrogen and oxygen atoms in total. The first-order valence-electron chi connectivity index (χ1n) is 9.42. The Labute approximate surface area is 147 Å². The van der Waals surface area contributed by atoms with E-state index in [0.717, 1.165) is 32.3 Å². The van der Waals surface area contributed by atoms with Gasteiger partial charge in [0.15, 0.2) is 5.76 Å². The smallest absolute Gasteiger partial charge is 0.290 e. The highest BCUT2D eigenvalue weighted by Gasteiger charge is 2.59. The Morgan fingerprint density at radius 3 is 2.88 bits per heavy atom. The Kier molecular flexibility index (Phi) is 4.31. The number of hydrogen-bond donors (Lipinski definition) is 1. The maximum Gasteiger partial charge on any atom is 0.290 e. The summed E-state index contributed by atoms with van der Waals surface area (Å²) >= 11 is 0. The summed E-state index contributed by atoms with van der Waals surface area (Å²) in [5, 5.41) is 3.23. The van der Waals surface area contributed by atoms with Crippen LogP contribution in [0.15, 0.2) is 22.8 Å². The fourth-order valence-corrected chi connectivity index (χ4v) is 4.73. The van der Waals surface area contributed by atoms with Crippen LogP contribution in [0.2, 0.25) is 0 Å². The third kappa shape index (κ3) is 2.67. The van der Waals surface area contributed by atoms with E-state index >= 15 is 0 Å². The summed E-state index contributed by atoms with van der Waals surface area (Å²) in [6, 6.07) is 3.14. The first kappa shape index (κ1) is 16.6. The molecule has 2 amide bonds. The van der Waals surface area contributed by atoms with E-state index < -0.39 is 0 Å². The van der Waals surface area contributed by atoms with E-state index in [1.54, 1.807) is 17.0 Å². The first-order valence-corrected chi connectivity index (χ1v) is 9.42. The highest BCUT2D eigenvalue weighted by atomic mass is 16.5. The fraction of sp³-hybridized carbons (Fsp3) is 0.684. The number of hydrogen-bond acceptors (Lipinski definition) is 4. The minimum Gasteiger partial charge on any atom is -0.459 e. The van der Waals surface area contributed by atoms with Crippen LogP contribution in [0.3, 0.4) is 0 Å². The first-order chi connectivity index (χ1) is 12.2. The van der Waals surface area contributed by atoms with E-state index in [1.807, 2.05) is 6.92 Å². The SMILES string of the molecule is CCOC1CC(NC(=O)[C@@H]2CCCN2C(=O)c2ccco2)C12CCC2. The van der Waals surface area contributed by atoms with Crippen molar-refractivity contribution in [1.29, 1.82) is 0 Å². The zero-order valence-corrected chi connectivity index (χ0v) is 14.7. The minimum atomic E-state index is -0.388. The van der Waals surface area contributed by atoms with Crippen molar-refractivity contribution in [2.75, 3.05) is 13.2 Å². The van der Waals surface area contributed by atoms with Gasteiger partial charge in [0.1, 0.15) is 6.04 Å². The lowest BCUT2D eigenvalue weighted by molar-refractivity contribution is -0.176. The second kappa shape index (κ2) is 6.48. The quantitative estimate of drug-likeness (QED) is 0.888. The zero-order valence-electron chi connectivity index (χ0n) is 14.7. The monoisotopic (exact) mass is 346 g/mol. The molecule has 2 aliphatic carbocycles. The summed E-state index contributed by atoms with van der Waals surface area (Å²) in [6.07, 6.45) is 7.68. The molecule has 2 unspecified atom stereocenters. The number of ether oxygens (including phenoxy) is 1. The molecule has 0 aromatic carbocycles. The summed E-state index contributed by atoms with van der Waals surface area (Å²) in [7, 11) is 0. The fourth-order valence-electron chi connectivity index (χ4n) is 4.73. The molecule has 3 fully saturated rings. The molecule has 1 aromatic rings. The van der Waals surface area contributed by atoms with E-state index in [2.05, 4.69) is 5.32 Å². The van der Waals surface area contributed by atoms with Gasteiger partial charge in [0.2, 0.25) is 5.91 Å². The summed E-state index contributed by atoms with van der Waals surface area (Å²) in [5.41, 5.74) is 0.139. The number of likely N-dealkylation sites (tertiary alicyclic amines) is 1. The molecule has 1 saturated heterocycles. The van der Waals surface area contributed by atoms with Gasteiger partial charge in [0.05, 0.1) is 12.4 Å². The number of rotatable bonds is 5. The molecule has 136 valence electrons. The van der Waals surface area contributed by atoms with Crippen molar-refractivity contribution in [3.63, 3.8) is 0 Å². The predicted octanol–water partition coefficient (Wildman–Crippen LogP) is 2.35. The van der Waals surface area contributed by atoms with Gasteiger partial charge in [-0.15, -0.1) is 0 Å². The van der Waals surface area contributed by atoms with E-state index in [4.69, 9.17) is 9.15 Å². The predicted molar refractivity (Wildman–Crippen MR) is 91.0 cm³/mol. The van der Waals surface area contributed by atoms with Crippen LogP contribution < -0.4 is 5.32 Å². The van der Waals surface area contributed by atoms with E-state index in [0.29, 0.717) is 18.7 Å². The summed E-state index contributed by atoms with van der Waals surface area (Å²) in [6.45, 7) is 3.35. The van der Waals surface area contributed by atoms with Crippen molar-refractivity contribution >= 4 is 11.8 Å². The summed E-state index contributed by atoms with van der Waals surface area (Å²) in [4.78, 5) is 27.1. The molecular formula is C19H26N2O4. The summed E-state index contributed by atoms with van der Waals surface area (Å²) in [5.74, 6) is 0.0839. The Morgan fingerprint density at radius 2 is 2.24 bits per heavy atom. The van der Waals surface area contributed by atoms with Crippen LogP contribution in [0.1, 0.15) is 56.0 Å². The lowest BCUT2D eigenvalue weighted by Crippen LogP contribution is -2.68. The maximum atomic E-state index is 12.8. The van der Waals surface area contributed by atoms with Crippen LogP contribution >= 0.6 is 0 Å². The van der Waals surface area contributed by atoms with Gasteiger partial charge >= 0.3 is 0 Å². The van der Waals surface area contributed by atoms with E-state index in [-0.39, 0.29) is 35.4 Å². The highest BCUT2D eigenvalue weighted by Crippen LogP contribution is 2.57.